The molecule has 2 amide bonds. The van der Waals surface area contributed by atoms with Crippen LogP contribution in [0.4, 0.5) is 5.69 Å². The van der Waals surface area contributed by atoms with Gasteiger partial charge in [0.15, 0.2) is 0 Å². The number of sulfonamides is 1. The molecule has 33 heavy (non-hydrogen) atoms. The van der Waals surface area contributed by atoms with Crippen molar-refractivity contribution in [3.05, 3.63) is 65.2 Å². The highest BCUT2D eigenvalue weighted by atomic mass is 32.2. The van der Waals surface area contributed by atoms with E-state index in [1.807, 2.05) is 64.1 Å². The van der Waals surface area contributed by atoms with Crippen molar-refractivity contribution in [3.63, 3.8) is 0 Å². The molecule has 1 atom stereocenters. The minimum atomic E-state index is -3.72. The highest BCUT2D eigenvalue weighted by molar-refractivity contribution is 7.92. The summed E-state index contributed by atoms with van der Waals surface area (Å²) in [4.78, 5) is 27.7. The summed E-state index contributed by atoms with van der Waals surface area (Å²) in [7, 11) is -3.72. The number of likely N-dealkylation sites (N-methyl/N-ethyl adjacent to an activating group) is 1. The molecule has 0 saturated heterocycles. The largest absolute Gasteiger partial charge is 0.355 e. The van der Waals surface area contributed by atoms with E-state index in [4.69, 9.17) is 0 Å². The van der Waals surface area contributed by atoms with Crippen LogP contribution in [0.2, 0.25) is 0 Å². The fraction of sp³-hybridized carbons (Fsp3) is 0.440. The van der Waals surface area contributed by atoms with Crippen molar-refractivity contribution in [1.29, 1.82) is 0 Å². The standard InChI is InChI=1S/C25H35N3O4S/c1-6-23(25(30)26-7-2)27(16-15-21-11-9-8-10-12-21)24(29)18-28(33(5,31)32)22-14-13-19(3)20(4)17-22/h8-14,17,23H,6-7,15-16,18H2,1-5H3,(H,26,30)/t23-/m0/s1. The zero-order valence-electron chi connectivity index (χ0n) is 20.2. The molecule has 0 aliphatic rings. The van der Waals surface area contributed by atoms with E-state index in [1.54, 1.807) is 12.1 Å². The molecule has 0 spiro atoms. The van der Waals surface area contributed by atoms with Crippen LogP contribution in [-0.2, 0) is 26.0 Å². The Morgan fingerprint density at radius 3 is 2.21 bits per heavy atom. The first-order chi connectivity index (χ1) is 15.6. The SMILES string of the molecule is CCNC(=O)[C@H](CC)N(CCc1ccccc1)C(=O)CN(c1ccc(C)c(C)c1)S(C)(=O)=O. The molecule has 2 rings (SSSR count). The molecule has 0 bridgehead atoms. The number of amides is 2. The molecule has 0 aliphatic carbocycles. The van der Waals surface area contributed by atoms with Gasteiger partial charge in [0.2, 0.25) is 21.8 Å². The summed E-state index contributed by atoms with van der Waals surface area (Å²) >= 11 is 0. The van der Waals surface area contributed by atoms with Gasteiger partial charge >= 0.3 is 0 Å². The summed E-state index contributed by atoms with van der Waals surface area (Å²) in [5.74, 6) is -0.647. The van der Waals surface area contributed by atoms with E-state index in [0.717, 1.165) is 27.3 Å². The predicted molar refractivity (Wildman–Crippen MR) is 133 cm³/mol. The average Bonchev–Trinajstić information content (AvgIpc) is 2.76. The Labute approximate surface area is 197 Å². The normalized spacial score (nSPS) is 12.2. The second-order valence-electron chi connectivity index (χ2n) is 8.18. The lowest BCUT2D eigenvalue weighted by atomic mass is 10.1. The molecule has 0 aliphatic heterocycles. The highest BCUT2D eigenvalue weighted by Crippen LogP contribution is 2.22. The van der Waals surface area contributed by atoms with Gasteiger partial charge in [0.05, 0.1) is 11.9 Å². The van der Waals surface area contributed by atoms with Gasteiger partial charge in [-0.3, -0.25) is 13.9 Å². The number of carbonyl (C=O) groups is 2. The molecule has 1 N–H and O–H groups in total. The molecule has 0 saturated carbocycles. The monoisotopic (exact) mass is 473 g/mol. The van der Waals surface area contributed by atoms with Gasteiger partial charge in [-0.25, -0.2) is 8.42 Å². The van der Waals surface area contributed by atoms with Gasteiger partial charge < -0.3 is 10.2 Å². The Morgan fingerprint density at radius 2 is 1.67 bits per heavy atom. The van der Waals surface area contributed by atoms with Crippen LogP contribution in [0.5, 0.6) is 0 Å². The van der Waals surface area contributed by atoms with Crippen LogP contribution in [0.15, 0.2) is 48.5 Å². The topological polar surface area (TPSA) is 86.8 Å². The van der Waals surface area contributed by atoms with Gasteiger partial charge in [0.25, 0.3) is 0 Å². The van der Waals surface area contributed by atoms with E-state index in [-0.39, 0.29) is 12.5 Å². The third-order valence-corrected chi connectivity index (χ3v) is 6.82. The van der Waals surface area contributed by atoms with Crippen molar-refractivity contribution < 1.29 is 18.0 Å². The highest BCUT2D eigenvalue weighted by Gasteiger charge is 2.31. The van der Waals surface area contributed by atoms with E-state index < -0.39 is 22.0 Å². The minimum absolute atomic E-state index is 0.238. The molecule has 2 aromatic carbocycles. The van der Waals surface area contributed by atoms with Crippen LogP contribution in [0, 0.1) is 13.8 Å². The van der Waals surface area contributed by atoms with Crippen LogP contribution < -0.4 is 9.62 Å². The van der Waals surface area contributed by atoms with Crippen LogP contribution >= 0.6 is 0 Å². The number of aryl methyl sites for hydroxylation is 2. The van der Waals surface area contributed by atoms with Crippen molar-refractivity contribution >= 4 is 27.5 Å². The van der Waals surface area contributed by atoms with Gasteiger partial charge in [-0.15, -0.1) is 0 Å². The van der Waals surface area contributed by atoms with E-state index in [9.17, 15) is 18.0 Å². The maximum absolute atomic E-state index is 13.5. The molecule has 0 radical (unpaired) electrons. The van der Waals surface area contributed by atoms with Crippen molar-refractivity contribution in [1.82, 2.24) is 10.2 Å². The predicted octanol–water partition coefficient (Wildman–Crippen LogP) is 3.06. The van der Waals surface area contributed by atoms with Crippen LogP contribution in [0.25, 0.3) is 0 Å². The summed E-state index contributed by atoms with van der Waals surface area (Å²) in [6.45, 7) is 7.91. The lowest BCUT2D eigenvalue weighted by Gasteiger charge is -2.33. The van der Waals surface area contributed by atoms with E-state index in [1.165, 1.54) is 4.90 Å². The van der Waals surface area contributed by atoms with E-state index in [2.05, 4.69) is 5.32 Å². The Kier molecular flexibility index (Phi) is 9.46. The smallest absolute Gasteiger partial charge is 0.244 e. The van der Waals surface area contributed by atoms with Gasteiger partial charge in [-0.1, -0.05) is 43.3 Å². The van der Waals surface area contributed by atoms with Crippen molar-refractivity contribution in [2.75, 3.05) is 30.2 Å². The first kappa shape index (κ1) is 26.4. The number of benzene rings is 2. The molecule has 7 nitrogen and oxygen atoms in total. The van der Waals surface area contributed by atoms with Crippen molar-refractivity contribution in [2.24, 2.45) is 0 Å². The first-order valence-electron chi connectivity index (χ1n) is 11.2. The third-order valence-electron chi connectivity index (χ3n) is 5.68. The Balaban J connectivity index is 2.36. The first-order valence-corrected chi connectivity index (χ1v) is 13.1. The second kappa shape index (κ2) is 11.8. The van der Waals surface area contributed by atoms with Gasteiger partial charge in [-0.2, -0.15) is 0 Å². The Bertz CT molecular complexity index is 1050. The number of hydrogen-bond donors (Lipinski definition) is 1. The number of hydrogen-bond acceptors (Lipinski definition) is 4. The Hall–Kier alpha value is -2.87. The zero-order valence-corrected chi connectivity index (χ0v) is 21.0. The molecule has 0 unspecified atom stereocenters. The third kappa shape index (κ3) is 7.32. The van der Waals surface area contributed by atoms with Gasteiger partial charge in [0, 0.05) is 13.1 Å². The zero-order chi connectivity index (χ0) is 24.6. The van der Waals surface area contributed by atoms with Crippen molar-refractivity contribution in [2.45, 2.75) is 46.6 Å². The number of nitrogens with one attached hydrogen (secondary N) is 1. The number of nitrogens with zero attached hydrogens (tertiary/aromatic N) is 2. The molecular weight excluding hydrogens is 438 g/mol. The summed E-state index contributed by atoms with van der Waals surface area (Å²) in [5.41, 5.74) is 3.44. The number of rotatable bonds is 11. The lowest BCUT2D eigenvalue weighted by Crippen LogP contribution is -2.53. The maximum atomic E-state index is 13.5. The molecule has 8 heteroatoms. The number of carbonyl (C=O) groups excluding carboxylic acids is 2. The minimum Gasteiger partial charge on any atom is -0.355 e. The molecule has 0 heterocycles. The molecule has 0 fully saturated rings. The average molecular weight is 474 g/mol. The second-order valence-corrected chi connectivity index (χ2v) is 10.1. The summed E-state index contributed by atoms with van der Waals surface area (Å²) < 4.78 is 26.3. The quantitative estimate of drug-likeness (QED) is 0.543. The van der Waals surface area contributed by atoms with Crippen LogP contribution in [0.1, 0.15) is 37.0 Å². The fourth-order valence-electron chi connectivity index (χ4n) is 3.68. The Morgan fingerprint density at radius 1 is 1.00 bits per heavy atom. The van der Waals surface area contributed by atoms with Gasteiger partial charge in [-0.05, 0) is 62.4 Å². The van der Waals surface area contributed by atoms with Crippen LogP contribution in [0.3, 0.4) is 0 Å². The van der Waals surface area contributed by atoms with Crippen molar-refractivity contribution in [3.8, 4) is 0 Å². The molecule has 0 aromatic heterocycles. The summed E-state index contributed by atoms with van der Waals surface area (Å²) in [5, 5.41) is 2.79. The van der Waals surface area contributed by atoms with E-state index >= 15 is 0 Å². The number of anilines is 1. The fourth-order valence-corrected chi connectivity index (χ4v) is 4.52. The van der Waals surface area contributed by atoms with Crippen LogP contribution in [-0.4, -0.2) is 57.1 Å². The van der Waals surface area contributed by atoms with E-state index in [0.29, 0.717) is 31.6 Å². The molecular formula is C25H35N3O4S. The molecule has 2 aromatic rings. The summed E-state index contributed by atoms with van der Waals surface area (Å²) in [6, 6.07) is 14.3. The lowest BCUT2D eigenvalue weighted by molar-refractivity contribution is -0.139. The maximum Gasteiger partial charge on any atom is 0.244 e. The van der Waals surface area contributed by atoms with Gasteiger partial charge in [0.1, 0.15) is 12.6 Å². The summed E-state index contributed by atoms with van der Waals surface area (Å²) in [6.07, 6.45) is 2.07. The molecule has 180 valence electrons.